The molecule has 2 aromatic heterocycles. The third-order valence-corrected chi connectivity index (χ3v) is 6.04. The van der Waals surface area contributed by atoms with Gasteiger partial charge in [0.1, 0.15) is 0 Å². The van der Waals surface area contributed by atoms with Gasteiger partial charge in [-0.3, -0.25) is 9.12 Å². The molecule has 0 saturated carbocycles. The highest BCUT2D eigenvalue weighted by molar-refractivity contribution is 7.92. The molecule has 7 heteroatoms. The Morgan fingerprint density at radius 1 is 1.11 bits per heavy atom. The molecule has 4 aromatic rings. The van der Waals surface area contributed by atoms with Crippen LogP contribution >= 0.6 is 0 Å². The topological polar surface area (TPSA) is 76.4 Å². The molecular formula is C21H20N4O2S. The highest BCUT2D eigenvalue weighted by Crippen LogP contribution is 2.27. The van der Waals surface area contributed by atoms with Gasteiger partial charge in [0.15, 0.2) is 0 Å². The van der Waals surface area contributed by atoms with Gasteiger partial charge < -0.3 is 0 Å². The minimum Gasteiger partial charge on any atom is -0.291 e. The normalized spacial score (nSPS) is 11.6. The minimum atomic E-state index is -3.67. The molecule has 4 rings (SSSR count). The van der Waals surface area contributed by atoms with E-state index in [1.807, 2.05) is 61.0 Å². The maximum atomic E-state index is 12.8. The molecule has 0 atom stereocenters. The van der Waals surface area contributed by atoms with Crippen LogP contribution in [-0.2, 0) is 16.4 Å². The Bertz CT molecular complexity index is 1210. The van der Waals surface area contributed by atoms with Crippen molar-refractivity contribution < 1.29 is 8.42 Å². The number of hydrogen-bond acceptors (Lipinski definition) is 4. The molecule has 0 spiro atoms. The molecule has 0 aliphatic carbocycles. The Kier molecular flexibility index (Phi) is 4.60. The minimum absolute atomic E-state index is 0.242. The van der Waals surface area contributed by atoms with E-state index in [-0.39, 0.29) is 4.90 Å². The van der Waals surface area contributed by atoms with E-state index in [2.05, 4.69) is 14.7 Å². The van der Waals surface area contributed by atoms with Crippen LogP contribution in [0.15, 0.2) is 72.0 Å². The lowest BCUT2D eigenvalue weighted by atomic mass is 10.1. The maximum absolute atomic E-state index is 12.8. The molecule has 1 N–H and O–H groups in total. The van der Waals surface area contributed by atoms with E-state index < -0.39 is 10.0 Å². The Hall–Kier alpha value is -3.19. The average Bonchev–Trinajstić information content (AvgIpc) is 3.14. The molecule has 0 bridgehead atoms. The SMILES string of the molecule is CCc1ccc(S(=O)(=O)Nc2cc(-c3cn4cccnc4n3)ccc2C)cc1. The zero-order valence-electron chi connectivity index (χ0n) is 15.6. The van der Waals surface area contributed by atoms with Crippen molar-refractivity contribution in [2.24, 2.45) is 0 Å². The Morgan fingerprint density at radius 3 is 2.61 bits per heavy atom. The molecule has 2 aromatic carbocycles. The molecule has 2 heterocycles. The number of rotatable bonds is 5. The summed E-state index contributed by atoms with van der Waals surface area (Å²) < 4.78 is 30.1. The van der Waals surface area contributed by atoms with Gasteiger partial charge in [0.25, 0.3) is 10.0 Å². The number of sulfonamides is 1. The van der Waals surface area contributed by atoms with E-state index in [9.17, 15) is 8.42 Å². The molecule has 0 fully saturated rings. The van der Waals surface area contributed by atoms with Gasteiger partial charge in [-0.15, -0.1) is 0 Å². The lowest BCUT2D eigenvalue weighted by Gasteiger charge is -2.12. The number of aromatic nitrogens is 3. The third-order valence-electron chi connectivity index (χ3n) is 4.66. The largest absolute Gasteiger partial charge is 0.291 e. The predicted octanol–water partition coefficient (Wildman–Crippen LogP) is 4.07. The second-order valence-electron chi connectivity index (χ2n) is 6.59. The molecule has 0 aliphatic rings. The molecule has 0 unspecified atom stereocenters. The molecule has 142 valence electrons. The van der Waals surface area contributed by atoms with Crippen molar-refractivity contribution in [3.05, 3.63) is 78.2 Å². The van der Waals surface area contributed by atoms with E-state index in [0.29, 0.717) is 11.5 Å². The van der Waals surface area contributed by atoms with Gasteiger partial charge in [-0.05, 0) is 48.7 Å². The maximum Gasteiger partial charge on any atom is 0.261 e. The zero-order chi connectivity index (χ0) is 19.7. The van der Waals surface area contributed by atoms with Crippen molar-refractivity contribution in [2.45, 2.75) is 25.2 Å². The first kappa shape index (κ1) is 18.2. The third kappa shape index (κ3) is 3.48. The monoisotopic (exact) mass is 392 g/mol. The van der Waals surface area contributed by atoms with Gasteiger partial charge in [-0.2, -0.15) is 0 Å². The summed E-state index contributed by atoms with van der Waals surface area (Å²) in [4.78, 5) is 8.97. The number of aryl methyl sites for hydroxylation is 2. The first-order chi connectivity index (χ1) is 13.5. The van der Waals surface area contributed by atoms with Crippen LogP contribution in [0.3, 0.4) is 0 Å². The summed E-state index contributed by atoms with van der Waals surface area (Å²) in [6.45, 7) is 3.90. The van der Waals surface area contributed by atoms with Gasteiger partial charge in [-0.1, -0.05) is 31.2 Å². The molecule has 0 saturated heterocycles. The number of fused-ring (bicyclic) bond motifs is 1. The van der Waals surface area contributed by atoms with E-state index in [4.69, 9.17) is 0 Å². The number of nitrogens with one attached hydrogen (secondary N) is 1. The van der Waals surface area contributed by atoms with Crippen molar-refractivity contribution in [2.75, 3.05) is 4.72 Å². The van der Waals surface area contributed by atoms with Crippen LogP contribution in [0.2, 0.25) is 0 Å². The smallest absolute Gasteiger partial charge is 0.261 e. The lowest BCUT2D eigenvalue weighted by Crippen LogP contribution is -2.13. The van der Waals surface area contributed by atoms with Gasteiger partial charge in [0, 0.05) is 24.2 Å². The van der Waals surface area contributed by atoms with E-state index in [1.54, 1.807) is 24.4 Å². The lowest BCUT2D eigenvalue weighted by molar-refractivity contribution is 0.601. The Morgan fingerprint density at radius 2 is 1.89 bits per heavy atom. The van der Waals surface area contributed by atoms with Crippen LogP contribution in [0.5, 0.6) is 0 Å². The molecular weight excluding hydrogens is 372 g/mol. The molecule has 6 nitrogen and oxygen atoms in total. The van der Waals surface area contributed by atoms with Gasteiger partial charge in [0.05, 0.1) is 16.3 Å². The Balaban J connectivity index is 1.68. The number of benzene rings is 2. The predicted molar refractivity (Wildman–Crippen MR) is 110 cm³/mol. The van der Waals surface area contributed by atoms with Crippen LogP contribution in [0.1, 0.15) is 18.1 Å². The van der Waals surface area contributed by atoms with Crippen LogP contribution in [0.4, 0.5) is 5.69 Å². The Labute approximate surface area is 164 Å². The second-order valence-corrected chi connectivity index (χ2v) is 8.27. The summed E-state index contributed by atoms with van der Waals surface area (Å²) in [6, 6.07) is 14.4. The van der Waals surface area contributed by atoms with E-state index in [0.717, 1.165) is 28.8 Å². The fraction of sp³-hybridized carbons (Fsp3) is 0.143. The fourth-order valence-electron chi connectivity index (χ4n) is 2.97. The highest BCUT2D eigenvalue weighted by Gasteiger charge is 2.16. The second kappa shape index (κ2) is 7.09. The van der Waals surface area contributed by atoms with Crippen molar-refractivity contribution >= 4 is 21.5 Å². The van der Waals surface area contributed by atoms with Gasteiger partial charge in [0.2, 0.25) is 5.78 Å². The van der Waals surface area contributed by atoms with Crippen molar-refractivity contribution in [3.63, 3.8) is 0 Å². The summed E-state index contributed by atoms with van der Waals surface area (Å²) in [7, 11) is -3.67. The van der Waals surface area contributed by atoms with E-state index in [1.165, 1.54) is 0 Å². The molecule has 0 aliphatic heterocycles. The standard InChI is InChI=1S/C21H20N4O2S/c1-3-16-6-9-18(10-7-16)28(26,27)24-19-13-17(8-5-15(19)2)20-14-25-12-4-11-22-21(25)23-20/h4-14,24H,3H2,1-2H3. The summed E-state index contributed by atoms with van der Waals surface area (Å²) in [5.74, 6) is 0.594. The highest BCUT2D eigenvalue weighted by atomic mass is 32.2. The quantitative estimate of drug-likeness (QED) is 0.555. The van der Waals surface area contributed by atoms with Gasteiger partial charge >= 0.3 is 0 Å². The molecule has 0 amide bonds. The van der Waals surface area contributed by atoms with Crippen molar-refractivity contribution in [1.29, 1.82) is 0 Å². The molecule has 28 heavy (non-hydrogen) atoms. The van der Waals surface area contributed by atoms with Crippen LogP contribution in [0, 0.1) is 6.92 Å². The van der Waals surface area contributed by atoms with Crippen molar-refractivity contribution in [1.82, 2.24) is 14.4 Å². The van der Waals surface area contributed by atoms with E-state index >= 15 is 0 Å². The number of imidazole rings is 1. The summed E-state index contributed by atoms with van der Waals surface area (Å²) in [6.07, 6.45) is 6.29. The van der Waals surface area contributed by atoms with Gasteiger partial charge in [-0.25, -0.2) is 18.4 Å². The number of anilines is 1. The fourth-order valence-corrected chi connectivity index (χ4v) is 4.09. The van der Waals surface area contributed by atoms with Crippen LogP contribution in [0.25, 0.3) is 17.0 Å². The van der Waals surface area contributed by atoms with Crippen LogP contribution in [-0.4, -0.2) is 22.8 Å². The number of nitrogens with zero attached hydrogens (tertiary/aromatic N) is 3. The number of hydrogen-bond donors (Lipinski definition) is 1. The zero-order valence-corrected chi connectivity index (χ0v) is 16.4. The summed E-state index contributed by atoms with van der Waals surface area (Å²) >= 11 is 0. The average molecular weight is 392 g/mol. The first-order valence-electron chi connectivity index (χ1n) is 8.99. The van der Waals surface area contributed by atoms with Crippen LogP contribution < -0.4 is 4.72 Å². The van der Waals surface area contributed by atoms with Crippen molar-refractivity contribution in [3.8, 4) is 11.3 Å². The summed E-state index contributed by atoms with van der Waals surface area (Å²) in [5, 5.41) is 0. The molecule has 0 radical (unpaired) electrons. The summed E-state index contributed by atoms with van der Waals surface area (Å²) in [5.41, 5.74) is 4.00. The first-order valence-corrected chi connectivity index (χ1v) is 10.5.